The lowest BCUT2D eigenvalue weighted by atomic mass is 10.2. The molecule has 0 saturated carbocycles. The summed E-state index contributed by atoms with van der Waals surface area (Å²) in [6, 6.07) is 8.45. The van der Waals surface area contributed by atoms with Gasteiger partial charge in [-0.3, -0.25) is 4.84 Å². The van der Waals surface area contributed by atoms with Crippen molar-refractivity contribution in [1.29, 1.82) is 0 Å². The topological polar surface area (TPSA) is 93.2 Å². The average Bonchev–Trinajstić information content (AvgIpc) is 2.42. The van der Waals surface area contributed by atoms with Crippen molar-refractivity contribution in [2.24, 2.45) is 0 Å². The Morgan fingerprint density at radius 2 is 1.55 bits per heavy atom. The largest absolute Gasteiger partial charge is 0.507 e. The van der Waals surface area contributed by atoms with Crippen LogP contribution in [0.15, 0.2) is 36.4 Å². The van der Waals surface area contributed by atoms with Gasteiger partial charge in [0.1, 0.15) is 24.2 Å². The molecule has 0 aliphatic heterocycles. The van der Waals surface area contributed by atoms with Gasteiger partial charge in [0, 0.05) is 10.8 Å². The summed E-state index contributed by atoms with van der Waals surface area (Å²) in [5.74, 6) is -0.792. The van der Waals surface area contributed by atoms with Crippen molar-refractivity contribution in [3.63, 3.8) is 0 Å². The van der Waals surface area contributed by atoms with Gasteiger partial charge in [0.25, 0.3) is 5.69 Å². The standard InChI is InChI=1S/C14H13NO5/c1-20-15(9-5-6-13(18)14(19)7-9)8-10-11(16)3-2-4-12(10)17/h2-8H,1H3,(H3,16,17,18,19)/p+1. The molecule has 2 aromatic rings. The molecule has 0 aromatic heterocycles. The Balaban J connectivity index is 2.51. The number of hydrogen-bond acceptors (Lipinski definition) is 5. The quantitative estimate of drug-likeness (QED) is 0.297. The van der Waals surface area contributed by atoms with Crippen molar-refractivity contribution in [1.82, 2.24) is 0 Å². The van der Waals surface area contributed by atoms with Crippen molar-refractivity contribution < 1.29 is 30.0 Å². The molecule has 0 saturated heterocycles. The van der Waals surface area contributed by atoms with Gasteiger partial charge in [-0.15, -0.1) is 0 Å². The number of phenols is 4. The lowest BCUT2D eigenvalue weighted by Crippen LogP contribution is -2.06. The SMILES string of the molecule is CO/[N+](=C\c1c(O)cccc1O)c1ccc(O)c(O)c1. The fraction of sp³-hybridized carbons (Fsp3) is 0.0714. The van der Waals surface area contributed by atoms with Gasteiger partial charge in [0.2, 0.25) is 6.21 Å². The van der Waals surface area contributed by atoms with Crippen LogP contribution in [-0.2, 0) is 4.84 Å². The molecule has 2 rings (SSSR count). The van der Waals surface area contributed by atoms with E-state index in [9.17, 15) is 20.4 Å². The van der Waals surface area contributed by atoms with E-state index >= 15 is 0 Å². The number of nitrogens with zero attached hydrogens (tertiary/aromatic N) is 1. The summed E-state index contributed by atoms with van der Waals surface area (Å²) in [6.07, 6.45) is 1.36. The highest BCUT2D eigenvalue weighted by Gasteiger charge is 2.16. The smallest absolute Gasteiger partial charge is 0.261 e. The molecule has 6 nitrogen and oxygen atoms in total. The molecular formula is C14H14NO5+. The zero-order valence-corrected chi connectivity index (χ0v) is 10.7. The van der Waals surface area contributed by atoms with E-state index in [0.717, 1.165) is 0 Å². The second kappa shape index (κ2) is 5.40. The van der Waals surface area contributed by atoms with E-state index in [1.54, 1.807) is 0 Å². The van der Waals surface area contributed by atoms with Crippen molar-refractivity contribution >= 4 is 11.9 Å². The van der Waals surface area contributed by atoms with Gasteiger partial charge in [-0.05, 0) is 18.2 Å². The van der Waals surface area contributed by atoms with E-state index < -0.39 is 0 Å². The summed E-state index contributed by atoms with van der Waals surface area (Å²) in [5, 5.41) is 38.2. The number of rotatable bonds is 3. The molecular weight excluding hydrogens is 262 g/mol. The average molecular weight is 276 g/mol. The maximum absolute atomic E-state index is 9.72. The Kier molecular flexibility index (Phi) is 3.65. The molecule has 0 fully saturated rings. The van der Waals surface area contributed by atoms with Crippen molar-refractivity contribution in [3.05, 3.63) is 42.0 Å². The van der Waals surface area contributed by atoms with Crippen molar-refractivity contribution in [3.8, 4) is 23.0 Å². The molecule has 4 N–H and O–H groups in total. The Morgan fingerprint density at radius 1 is 0.900 bits per heavy atom. The van der Waals surface area contributed by atoms with E-state index in [0.29, 0.717) is 5.69 Å². The number of benzene rings is 2. The fourth-order valence-corrected chi connectivity index (χ4v) is 1.67. The molecule has 0 atom stereocenters. The predicted molar refractivity (Wildman–Crippen MR) is 71.6 cm³/mol. The molecule has 0 radical (unpaired) electrons. The second-order valence-electron chi connectivity index (χ2n) is 4.02. The molecule has 0 heterocycles. The van der Waals surface area contributed by atoms with Crippen LogP contribution in [0.25, 0.3) is 0 Å². The van der Waals surface area contributed by atoms with Crippen molar-refractivity contribution in [2.45, 2.75) is 0 Å². The number of hydrogen-bond donors (Lipinski definition) is 4. The Bertz CT molecular complexity index is 646. The zero-order chi connectivity index (χ0) is 14.7. The number of phenolic OH excluding ortho intramolecular Hbond substituents is 4. The van der Waals surface area contributed by atoms with Crippen molar-refractivity contribution in [2.75, 3.05) is 7.11 Å². The highest BCUT2D eigenvalue weighted by Crippen LogP contribution is 2.30. The fourth-order valence-electron chi connectivity index (χ4n) is 1.67. The van der Waals surface area contributed by atoms with Crippen LogP contribution in [0.4, 0.5) is 5.69 Å². The second-order valence-corrected chi connectivity index (χ2v) is 4.02. The van der Waals surface area contributed by atoms with Crippen LogP contribution in [0.5, 0.6) is 23.0 Å². The zero-order valence-electron chi connectivity index (χ0n) is 10.7. The minimum atomic E-state index is -0.306. The molecule has 0 unspecified atom stereocenters. The van der Waals surface area contributed by atoms with Crippen LogP contribution >= 0.6 is 0 Å². The van der Waals surface area contributed by atoms with Gasteiger partial charge in [-0.25, -0.2) is 0 Å². The Labute approximate surface area is 115 Å². The molecule has 0 bridgehead atoms. The van der Waals surface area contributed by atoms with Gasteiger partial charge in [0.15, 0.2) is 11.5 Å². The lowest BCUT2D eigenvalue weighted by molar-refractivity contribution is -0.716. The van der Waals surface area contributed by atoms with Crippen LogP contribution < -0.4 is 0 Å². The normalized spacial score (nSPS) is 11.3. The molecule has 2 aromatic carbocycles. The first-order chi connectivity index (χ1) is 9.52. The van der Waals surface area contributed by atoms with E-state index in [1.807, 2.05) is 0 Å². The molecule has 0 aliphatic rings. The van der Waals surface area contributed by atoms with Crippen LogP contribution in [0.3, 0.4) is 0 Å². The molecule has 20 heavy (non-hydrogen) atoms. The van der Waals surface area contributed by atoms with Crippen LogP contribution in [0.1, 0.15) is 5.56 Å². The monoisotopic (exact) mass is 276 g/mol. The van der Waals surface area contributed by atoms with Gasteiger partial charge in [-0.1, -0.05) is 6.07 Å². The van der Waals surface area contributed by atoms with E-state index in [2.05, 4.69) is 0 Å². The first-order valence-electron chi connectivity index (χ1n) is 5.74. The molecule has 0 aliphatic carbocycles. The first kappa shape index (κ1) is 13.5. The lowest BCUT2D eigenvalue weighted by Gasteiger charge is -2.03. The minimum absolute atomic E-state index is 0.116. The molecule has 104 valence electrons. The Morgan fingerprint density at radius 3 is 2.10 bits per heavy atom. The maximum Gasteiger partial charge on any atom is 0.261 e. The van der Waals surface area contributed by atoms with E-state index in [4.69, 9.17) is 4.84 Å². The third-order valence-electron chi connectivity index (χ3n) is 2.72. The third kappa shape index (κ3) is 2.59. The summed E-state index contributed by atoms with van der Waals surface area (Å²) >= 11 is 0. The summed E-state index contributed by atoms with van der Waals surface area (Å²) < 4.78 is 1.23. The summed E-state index contributed by atoms with van der Waals surface area (Å²) in [4.78, 5) is 5.11. The first-order valence-corrected chi connectivity index (χ1v) is 5.74. The summed E-state index contributed by atoms with van der Waals surface area (Å²) in [7, 11) is 1.39. The minimum Gasteiger partial charge on any atom is -0.507 e. The third-order valence-corrected chi connectivity index (χ3v) is 2.72. The molecule has 0 spiro atoms. The van der Waals surface area contributed by atoms with Gasteiger partial charge < -0.3 is 20.4 Å². The van der Waals surface area contributed by atoms with Gasteiger partial charge >= 0.3 is 0 Å². The van der Waals surface area contributed by atoms with Crippen LogP contribution in [-0.4, -0.2) is 38.5 Å². The highest BCUT2D eigenvalue weighted by atomic mass is 16.7. The maximum atomic E-state index is 9.72. The summed E-state index contributed by atoms with van der Waals surface area (Å²) in [5.41, 5.74) is 0.576. The molecule has 0 amide bonds. The summed E-state index contributed by atoms with van der Waals surface area (Å²) in [6.45, 7) is 0. The van der Waals surface area contributed by atoms with Crippen LogP contribution in [0, 0.1) is 0 Å². The van der Waals surface area contributed by atoms with E-state index in [-0.39, 0.29) is 28.6 Å². The molecule has 6 heteroatoms. The van der Waals surface area contributed by atoms with Gasteiger partial charge in [-0.2, -0.15) is 0 Å². The number of aromatic hydroxyl groups is 4. The van der Waals surface area contributed by atoms with E-state index in [1.165, 1.54) is 54.5 Å². The highest BCUT2D eigenvalue weighted by molar-refractivity contribution is 5.84. The Hall–Kier alpha value is -2.89. The van der Waals surface area contributed by atoms with Gasteiger partial charge in [0.05, 0.1) is 6.07 Å². The van der Waals surface area contributed by atoms with Crippen LogP contribution in [0.2, 0.25) is 0 Å². The predicted octanol–water partition coefficient (Wildman–Crippen LogP) is 1.83.